The number of hydrogen-bond donors (Lipinski definition) is 0. The van der Waals surface area contributed by atoms with Crippen molar-refractivity contribution in [3.63, 3.8) is 0 Å². The Labute approximate surface area is 328 Å². The van der Waals surface area contributed by atoms with Gasteiger partial charge in [0, 0.05) is 35.4 Å². The lowest BCUT2D eigenvalue weighted by Gasteiger charge is -2.18. The van der Waals surface area contributed by atoms with E-state index >= 15 is 0 Å². The van der Waals surface area contributed by atoms with Crippen molar-refractivity contribution < 1.29 is 61.4 Å². The number of fused-ring (bicyclic) bond motifs is 4. The lowest BCUT2D eigenvalue weighted by molar-refractivity contribution is -0.617. The highest BCUT2D eigenvalue weighted by atomic mass is 32.2. The Morgan fingerprint density at radius 2 is 0.569 bits per heavy atom. The molecule has 8 aromatic rings. The average Bonchev–Trinajstić information content (AvgIpc) is 3.18. The van der Waals surface area contributed by atoms with Gasteiger partial charge >= 0.3 is 11.0 Å². The van der Waals surface area contributed by atoms with Crippen LogP contribution < -0.4 is 9.13 Å². The van der Waals surface area contributed by atoms with E-state index in [1.807, 2.05) is 0 Å². The lowest BCUT2D eigenvalue weighted by atomic mass is 9.85. The fourth-order valence-electron chi connectivity index (χ4n) is 6.91. The van der Waals surface area contributed by atoms with Crippen LogP contribution in [0.1, 0.15) is 0 Å². The summed E-state index contributed by atoms with van der Waals surface area (Å²) in [6.07, 6.45) is 0. The number of pyridine rings is 2. The van der Waals surface area contributed by atoms with Gasteiger partial charge in [0.1, 0.15) is 14.1 Å². The maximum Gasteiger partial charge on any atom is 0.485 e. The number of alkyl halides is 6. The highest BCUT2D eigenvalue weighted by Gasteiger charge is 2.37. The Bertz CT molecular complexity index is 2760. The maximum absolute atomic E-state index is 10.7. The van der Waals surface area contributed by atoms with Crippen LogP contribution in [-0.2, 0) is 34.3 Å². The van der Waals surface area contributed by atoms with Crippen LogP contribution in [0.3, 0.4) is 0 Å². The smallest absolute Gasteiger partial charge is 0.485 e. The van der Waals surface area contributed by atoms with Crippen molar-refractivity contribution in [2.75, 3.05) is 0 Å². The summed E-state index contributed by atoms with van der Waals surface area (Å²) in [5, 5.41) is 5.02. The number of benzene rings is 6. The first-order chi connectivity index (χ1) is 27.2. The van der Waals surface area contributed by atoms with Crippen molar-refractivity contribution in [3.8, 4) is 33.4 Å². The lowest BCUT2D eigenvalue weighted by Crippen LogP contribution is -2.30. The van der Waals surface area contributed by atoms with E-state index in [2.05, 4.69) is 169 Å². The zero-order chi connectivity index (χ0) is 42.2. The summed E-state index contributed by atoms with van der Waals surface area (Å²) < 4.78 is 122. The number of aromatic nitrogens is 2. The topological polar surface area (TPSA) is 122 Å². The Hall–Kier alpha value is -5.94. The molecule has 0 saturated heterocycles. The molecule has 0 radical (unpaired) electrons. The Kier molecular flexibility index (Phi) is 11.3. The van der Waals surface area contributed by atoms with Crippen molar-refractivity contribution >= 4 is 63.8 Å². The van der Waals surface area contributed by atoms with E-state index in [1.165, 1.54) is 77.0 Å². The van der Waals surface area contributed by atoms with Crippen molar-refractivity contribution in [2.45, 2.75) is 11.0 Å². The predicted molar refractivity (Wildman–Crippen MR) is 207 cm³/mol. The Morgan fingerprint density at radius 1 is 0.379 bits per heavy atom. The van der Waals surface area contributed by atoms with Crippen molar-refractivity contribution in [3.05, 3.63) is 146 Å². The zero-order valence-corrected chi connectivity index (χ0v) is 31.9. The van der Waals surface area contributed by atoms with Gasteiger partial charge in [-0.3, -0.25) is 0 Å². The van der Waals surface area contributed by atoms with Crippen molar-refractivity contribution in [2.24, 2.45) is 14.1 Å². The molecule has 16 heteroatoms. The molecule has 6 aromatic carbocycles. The molecular formula is C42H30F6N2O6S2. The molecule has 0 unspecified atom stereocenters. The van der Waals surface area contributed by atoms with E-state index in [1.54, 1.807) is 0 Å². The molecular weight excluding hydrogens is 807 g/mol. The van der Waals surface area contributed by atoms with Gasteiger partial charge in [-0.05, 0) is 46.5 Å². The molecule has 2 heterocycles. The number of halogens is 6. The third kappa shape index (κ3) is 8.09. The molecule has 2 aromatic heterocycles. The molecule has 0 amide bonds. The highest BCUT2D eigenvalue weighted by molar-refractivity contribution is 7.86. The molecule has 8 nitrogen and oxygen atoms in total. The molecule has 0 aliphatic rings. The fourth-order valence-corrected chi connectivity index (χ4v) is 6.91. The van der Waals surface area contributed by atoms with Crippen LogP contribution in [0.4, 0.5) is 26.3 Å². The summed E-state index contributed by atoms with van der Waals surface area (Å²) in [4.78, 5) is 0. The summed E-state index contributed by atoms with van der Waals surface area (Å²) in [5.74, 6) is 0. The minimum Gasteiger partial charge on any atom is -0.741 e. The van der Waals surface area contributed by atoms with E-state index in [-0.39, 0.29) is 0 Å². The highest BCUT2D eigenvalue weighted by Crippen LogP contribution is 2.44. The summed E-state index contributed by atoms with van der Waals surface area (Å²) in [6, 6.07) is 52.9. The van der Waals surface area contributed by atoms with Crippen molar-refractivity contribution in [1.29, 1.82) is 0 Å². The van der Waals surface area contributed by atoms with Crippen LogP contribution in [0.2, 0.25) is 0 Å². The van der Waals surface area contributed by atoms with E-state index in [9.17, 15) is 26.3 Å². The molecule has 298 valence electrons. The van der Waals surface area contributed by atoms with Crippen LogP contribution in [0, 0.1) is 0 Å². The molecule has 0 spiro atoms. The third-order valence-corrected chi connectivity index (χ3v) is 10.5. The van der Waals surface area contributed by atoms with Crippen molar-refractivity contribution in [1.82, 2.24) is 0 Å². The quantitative estimate of drug-likeness (QED) is 0.0576. The molecule has 0 fully saturated rings. The van der Waals surface area contributed by atoms with E-state index in [0.717, 1.165) is 0 Å². The Balaban J connectivity index is 0.000000301. The van der Waals surface area contributed by atoms with Crippen LogP contribution in [-0.4, -0.2) is 37.0 Å². The van der Waals surface area contributed by atoms with E-state index in [0.29, 0.717) is 0 Å². The van der Waals surface area contributed by atoms with Gasteiger partial charge in [0.05, 0.1) is 21.5 Å². The average molecular weight is 837 g/mol. The fraction of sp³-hybridized carbons (Fsp3) is 0.0952. The molecule has 8 rings (SSSR count). The Morgan fingerprint density at radius 3 is 0.793 bits per heavy atom. The van der Waals surface area contributed by atoms with E-state index in [4.69, 9.17) is 25.9 Å². The summed E-state index contributed by atoms with van der Waals surface area (Å²) in [5.41, 5.74) is 1.11. The monoisotopic (exact) mass is 836 g/mol. The molecule has 0 aliphatic heterocycles. The van der Waals surface area contributed by atoms with Gasteiger partial charge in [-0.2, -0.15) is 35.5 Å². The van der Waals surface area contributed by atoms with Gasteiger partial charge < -0.3 is 9.11 Å². The number of hydrogen-bond acceptors (Lipinski definition) is 6. The molecule has 0 aliphatic carbocycles. The first kappa shape index (κ1) is 41.7. The van der Waals surface area contributed by atoms with Gasteiger partial charge in [-0.25, -0.2) is 16.8 Å². The van der Waals surface area contributed by atoms with Crippen LogP contribution in [0.25, 0.3) is 77.0 Å². The second-order valence-corrected chi connectivity index (χ2v) is 15.6. The zero-order valence-electron chi connectivity index (χ0n) is 30.3. The normalized spacial score (nSPS) is 12.2. The second kappa shape index (κ2) is 15.8. The van der Waals surface area contributed by atoms with Gasteiger partial charge in [0.25, 0.3) is 0 Å². The van der Waals surface area contributed by atoms with Crippen LogP contribution in [0.15, 0.2) is 146 Å². The molecule has 0 N–H and O–H groups in total. The standard InChI is InChI=1S/C40H30N2.2CHF3O3S/c1-41-35-23-11-7-19-31(35)39(32-20-8-12-24-36(32)41)29-17-5-3-15-27(29)28-16-4-6-18-30(28)40-33-21-9-13-25-37(33)42(2)38-26-14-10-22-34(38)40;2*2-1(3,4)8(5,6)7/h3-26H,1-2H3;2*(H,5,6,7)/q+2;;/p-2. The van der Waals surface area contributed by atoms with Crippen LogP contribution >= 0.6 is 0 Å². The third-order valence-electron chi connectivity index (χ3n) is 9.39. The largest absolute Gasteiger partial charge is 0.741 e. The number of para-hydroxylation sites is 4. The first-order valence-corrected chi connectivity index (χ1v) is 19.9. The predicted octanol–water partition coefficient (Wildman–Crippen LogP) is 9.05. The number of aryl methyl sites for hydroxylation is 2. The molecule has 58 heavy (non-hydrogen) atoms. The second-order valence-electron chi connectivity index (χ2n) is 12.8. The van der Waals surface area contributed by atoms with Gasteiger partial charge in [-0.1, -0.05) is 97.1 Å². The maximum atomic E-state index is 10.7. The van der Waals surface area contributed by atoms with Gasteiger partial charge in [0.2, 0.25) is 22.1 Å². The first-order valence-electron chi connectivity index (χ1n) is 17.0. The molecule has 0 bridgehead atoms. The molecule has 0 atom stereocenters. The van der Waals surface area contributed by atoms with E-state index < -0.39 is 31.3 Å². The minimum absolute atomic E-state index is 1.22. The van der Waals surface area contributed by atoms with Gasteiger partial charge in [-0.15, -0.1) is 0 Å². The molecule has 0 saturated carbocycles. The number of nitrogens with zero attached hydrogens (tertiary/aromatic N) is 2. The summed E-state index contributed by atoms with van der Waals surface area (Å²) >= 11 is 0. The van der Waals surface area contributed by atoms with Crippen LogP contribution in [0.5, 0.6) is 0 Å². The summed E-state index contributed by atoms with van der Waals surface area (Å²) in [6.45, 7) is 0. The SMILES string of the molecule is C[n+]1c2ccccc2c(-c2ccccc2-c2ccccc2-c2c3ccccc3[n+](C)c3ccccc23)c2ccccc21.O=S(=O)([O-])C(F)(F)F.O=S(=O)([O-])C(F)(F)F. The summed E-state index contributed by atoms with van der Waals surface area (Å²) in [7, 11) is -7.84. The number of rotatable bonds is 3. The minimum atomic E-state index is -6.09. The van der Waals surface area contributed by atoms with Gasteiger partial charge in [0.15, 0.2) is 20.2 Å².